The van der Waals surface area contributed by atoms with Crippen molar-refractivity contribution in [2.24, 2.45) is 0 Å². The van der Waals surface area contributed by atoms with Crippen LogP contribution in [0, 0.1) is 0 Å². The van der Waals surface area contributed by atoms with E-state index in [0.29, 0.717) is 5.75 Å². The van der Waals surface area contributed by atoms with E-state index in [1.54, 1.807) is 11.6 Å². The number of phenolic OH excluding ortho intramolecular Hbond substituents is 1. The molecule has 0 heterocycles. The van der Waals surface area contributed by atoms with Crippen LogP contribution < -0.4 is 5.32 Å². The summed E-state index contributed by atoms with van der Waals surface area (Å²) in [5.74, 6) is 0.347. The van der Waals surface area contributed by atoms with Crippen LogP contribution in [0.1, 0.15) is 37.7 Å². The molecular weight excluding hydrogens is 210 g/mol. The smallest absolute Gasteiger partial charge is 0.115 e. The molecule has 0 saturated carbocycles. The van der Waals surface area contributed by atoms with E-state index in [0.717, 1.165) is 18.7 Å². The highest BCUT2D eigenvalue weighted by Crippen LogP contribution is 2.19. The van der Waals surface area contributed by atoms with Gasteiger partial charge in [-0.3, -0.25) is 0 Å². The van der Waals surface area contributed by atoms with Gasteiger partial charge in [0.2, 0.25) is 0 Å². The first-order valence-electron chi connectivity index (χ1n) is 6.51. The molecule has 0 amide bonds. The van der Waals surface area contributed by atoms with E-state index in [-0.39, 0.29) is 0 Å². The number of rotatable bonds is 5. The molecule has 17 heavy (non-hydrogen) atoms. The van der Waals surface area contributed by atoms with Gasteiger partial charge in [-0.1, -0.05) is 23.8 Å². The summed E-state index contributed by atoms with van der Waals surface area (Å²) in [6, 6.07) is 7.44. The zero-order valence-corrected chi connectivity index (χ0v) is 10.3. The van der Waals surface area contributed by atoms with Gasteiger partial charge in [-0.15, -0.1) is 0 Å². The maximum Gasteiger partial charge on any atom is 0.115 e. The van der Waals surface area contributed by atoms with Crippen molar-refractivity contribution in [3.63, 3.8) is 0 Å². The topological polar surface area (TPSA) is 32.3 Å². The van der Waals surface area contributed by atoms with E-state index < -0.39 is 0 Å². The normalized spacial score (nSPS) is 15.6. The first-order chi connectivity index (χ1) is 8.34. The fourth-order valence-electron chi connectivity index (χ4n) is 2.28. The van der Waals surface area contributed by atoms with Gasteiger partial charge in [0.05, 0.1) is 0 Å². The quantitative estimate of drug-likeness (QED) is 0.601. The van der Waals surface area contributed by atoms with Crippen molar-refractivity contribution in [1.82, 2.24) is 5.32 Å². The van der Waals surface area contributed by atoms with Gasteiger partial charge in [0.25, 0.3) is 0 Å². The molecule has 0 atom stereocenters. The van der Waals surface area contributed by atoms with Crippen molar-refractivity contribution in [2.45, 2.75) is 38.6 Å². The molecule has 1 aliphatic rings. The van der Waals surface area contributed by atoms with Gasteiger partial charge < -0.3 is 10.4 Å². The van der Waals surface area contributed by atoms with Crippen LogP contribution in [0.3, 0.4) is 0 Å². The molecule has 0 fully saturated rings. The number of allylic oxidation sites excluding steroid dienone is 1. The van der Waals surface area contributed by atoms with Crippen LogP contribution in [0.2, 0.25) is 0 Å². The van der Waals surface area contributed by atoms with E-state index in [2.05, 4.69) is 11.4 Å². The highest BCUT2D eigenvalue weighted by Gasteiger charge is 2.02. The van der Waals surface area contributed by atoms with Gasteiger partial charge in [-0.25, -0.2) is 0 Å². The maximum absolute atomic E-state index is 9.34. The highest BCUT2D eigenvalue weighted by molar-refractivity contribution is 5.26. The predicted molar refractivity (Wildman–Crippen MR) is 71.0 cm³/mol. The summed E-state index contributed by atoms with van der Waals surface area (Å²) in [6.07, 6.45) is 8.84. The Bertz CT molecular complexity index is 384. The Balaban J connectivity index is 1.67. The number of phenols is 1. The largest absolute Gasteiger partial charge is 0.508 e. The zero-order chi connectivity index (χ0) is 11.9. The molecule has 0 aliphatic heterocycles. The lowest BCUT2D eigenvalue weighted by Crippen LogP contribution is -2.15. The maximum atomic E-state index is 9.34. The monoisotopic (exact) mass is 231 g/mol. The summed E-state index contributed by atoms with van der Waals surface area (Å²) in [5.41, 5.74) is 2.75. The molecule has 2 heteroatoms. The predicted octanol–water partition coefficient (Wildman–Crippen LogP) is 3.37. The molecule has 0 radical (unpaired) electrons. The van der Waals surface area contributed by atoms with E-state index >= 15 is 0 Å². The third kappa shape index (κ3) is 4.23. The van der Waals surface area contributed by atoms with Crippen molar-refractivity contribution in [3.05, 3.63) is 41.5 Å². The lowest BCUT2D eigenvalue weighted by Gasteiger charge is -2.13. The lowest BCUT2D eigenvalue weighted by molar-refractivity contribution is 0.474. The van der Waals surface area contributed by atoms with Crippen molar-refractivity contribution in [3.8, 4) is 5.75 Å². The van der Waals surface area contributed by atoms with Gasteiger partial charge in [0.15, 0.2) is 0 Å². The molecule has 2 N–H and O–H groups in total. The first-order valence-corrected chi connectivity index (χ1v) is 6.51. The number of hydrogen-bond donors (Lipinski definition) is 2. The number of nitrogens with one attached hydrogen (secondary N) is 1. The van der Waals surface area contributed by atoms with Gasteiger partial charge in [0.1, 0.15) is 5.75 Å². The fraction of sp³-hybridized carbons (Fsp3) is 0.467. The lowest BCUT2D eigenvalue weighted by atomic mass is 9.97. The summed E-state index contributed by atoms with van der Waals surface area (Å²) in [7, 11) is 0. The highest BCUT2D eigenvalue weighted by atomic mass is 16.3. The summed E-state index contributed by atoms with van der Waals surface area (Å²) in [6.45, 7) is 1.86. The average Bonchev–Trinajstić information content (AvgIpc) is 2.36. The van der Waals surface area contributed by atoms with Crippen LogP contribution in [0.25, 0.3) is 0 Å². The standard InChI is InChI=1S/C15H21NO/c17-15-8-4-7-14(11-15)12-16-10-9-13-5-2-1-3-6-13/h4-5,7-8,11,16-17H,1-3,6,9-10,12H2. The molecule has 0 spiro atoms. The Hall–Kier alpha value is -1.28. The Morgan fingerprint density at radius 3 is 2.94 bits per heavy atom. The Kier molecular flexibility index (Phi) is 4.63. The molecule has 0 bridgehead atoms. The second-order valence-electron chi connectivity index (χ2n) is 4.70. The summed E-state index contributed by atoms with van der Waals surface area (Å²) in [4.78, 5) is 0. The molecule has 1 aliphatic carbocycles. The summed E-state index contributed by atoms with van der Waals surface area (Å²) >= 11 is 0. The van der Waals surface area contributed by atoms with Gasteiger partial charge in [-0.2, -0.15) is 0 Å². The van der Waals surface area contributed by atoms with Crippen molar-refractivity contribution in [2.75, 3.05) is 6.54 Å². The van der Waals surface area contributed by atoms with Crippen LogP contribution in [-0.2, 0) is 6.54 Å². The summed E-state index contributed by atoms with van der Waals surface area (Å²) < 4.78 is 0. The molecule has 0 saturated heterocycles. The SMILES string of the molecule is Oc1cccc(CNCCC2=CCCCC2)c1. The van der Waals surface area contributed by atoms with Crippen LogP contribution >= 0.6 is 0 Å². The van der Waals surface area contributed by atoms with Crippen LogP contribution in [0.15, 0.2) is 35.9 Å². The molecule has 0 aromatic heterocycles. The number of hydrogen-bond acceptors (Lipinski definition) is 2. The Labute approximate surface area is 103 Å². The molecule has 2 rings (SSSR count). The number of aromatic hydroxyl groups is 1. The van der Waals surface area contributed by atoms with Crippen molar-refractivity contribution < 1.29 is 5.11 Å². The molecule has 1 aromatic rings. The molecule has 2 nitrogen and oxygen atoms in total. The molecular formula is C15H21NO. The van der Waals surface area contributed by atoms with E-state index in [1.165, 1.54) is 32.1 Å². The van der Waals surface area contributed by atoms with Crippen LogP contribution in [-0.4, -0.2) is 11.7 Å². The fourth-order valence-corrected chi connectivity index (χ4v) is 2.28. The zero-order valence-electron chi connectivity index (χ0n) is 10.3. The Morgan fingerprint density at radius 2 is 2.18 bits per heavy atom. The first kappa shape index (κ1) is 12.2. The minimum atomic E-state index is 0.347. The average molecular weight is 231 g/mol. The molecule has 0 unspecified atom stereocenters. The minimum Gasteiger partial charge on any atom is -0.508 e. The van der Waals surface area contributed by atoms with Gasteiger partial charge >= 0.3 is 0 Å². The third-order valence-electron chi connectivity index (χ3n) is 3.25. The Morgan fingerprint density at radius 1 is 1.24 bits per heavy atom. The summed E-state index contributed by atoms with van der Waals surface area (Å²) in [5, 5.41) is 12.8. The second kappa shape index (κ2) is 6.45. The van der Waals surface area contributed by atoms with E-state index in [9.17, 15) is 5.11 Å². The molecule has 92 valence electrons. The van der Waals surface area contributed by atoms with E-state index in [4.69, 9.17) is 0 Å². The van der Waals surface area contributed by atoms with Crippen molar-refractivity contribution in [1.29, 1.82) is 0 Å². The number of benzene rings is 1. The van der Waals surface area contributed by atoms with Crippen LogP contribution in [0.4, 0.5) is 0 Å². The minimum absolute atomic E-state index is 0.347. The van der Waals surface area contributed by atoms with Gasteiger partial charge in [0, 0.05) is 6.54 Å². The molecule has 1 aromatic carbocycles. The van der Waals surface area contributed by atoms with Gasteiger partial charge in [-0.05, 0) is 56.3 Å². The van der Waals surface area contributed by atoms with Crippen molar-refractivity contribution >= 4 is 0 Å². The second-order valence-corrected chi connectivity index (χ2v) is 4.70. The van der Waals surface area contributed by atoms with E-state index in [1.807, 2.05) is 18.2 Å². The third-order valence-corrected chi connectivity index (χ3v) is 3.25. The van der Waals surface area contributed by atoms with Crippen LogP contribution in [0.5, 0.6) is 5.75 Å².